The van der Waals surface area contributed by atoms with Crippen molar-refractivity contribution in [1.82, 2.24) is 14.7 Å². The summed E-state index contributed by atoms with van der Waals surface area (Å²) in [5.41, 5.74) is 1.80. The number of nitrogens with zero attached hydrogens (tertiary/aromatic N) is 3. The number of amides is 1. The van der Waals surface area contributed by atoms with Crippen LogP contribution >= 0.6 is 11.3 Å². The lowest BCUT2D eigenvalue weighted by Gasteiger charge is -2.18. The third-order valence-electron chi connectivity index (χ3n) is 4.07. The molecule has 3 rings (SSSR count). The minimum absolute atomic E-state index is 0.173. The van der Waals surface area contributed by atoms with E-state index in [1.165, 1.54) is 16.2 Å². The lowest BCUT2D eigenvalue weighted by molar-refractivity contribution is -0.141. The number of carboxylic acids is 1. The summed E-state index contributed by atoms with van der Waals surface area (Å²) in [6.45, 7) is 3.68. The van der Waals surface area contributed by atoms with Crippen LogP contribution in [0.25, 0.3) is 15.9 Å². The molecular formula is C18H19N3O3S. The molecule has 3 aromatic rings. The molecule has 1 atom stereocenters. The first kappa shape index (κ1) is 17.2. The highest BCUT2D eigenvalue weighted by molar-refractivity contribution is 7.20. The van der Waals surface area contributed by atoms with Crippen LogP contribution in [-0.4, -0.2) is 45.3 Å². The Bertz CT molecular complexity index is 930. The monoisotopic (exact) mass is 357 g/mol. The Morgan fingerprint density at radius 1 is 1.32 bits per heavy atom. The van der Waals surface area contributed by atoms with Crippen molar-refractivity contribution in [2.75, 3.05) is 13.6 Å². The summed E-state index contributed by atoms with van der Waals surface area (Å²) in [4.78, 5) is 26.6. The van der Waals surface area contributed by atoms with Crippen LogP contribution in [0.2, 0.25) is 0 Å². The number of carboxylic acid groups (broad SMARTS) is 1. The number of aryl methyl sites for hydroxylation is 1. The van der Waals surface area contributed by atoms with Crippen LogP contribution in [0.4, 0.5) is 0 Å². The minimum Gasteiger partial charge on any atom is -0.481 e. The van der Waals surface area contributed by atoms with Crippen LogP contribution in [-0.2, 0) is 4.79 Å². The van der Waals surface area contributed by atoms with E-state index in [9.17, 15) is 9.59 Å². The second-order valence-corrected chi connectivity index (χ2v) is 7.12. The highest BCUT2D eigenvalue weighted by atomic mass is 32.1. The SMILES string of the molecule is Cc1nn(-c2ccccc2)c2sc(C(=O)N(C)CC(C)C(=O)O)cc12. The Kier molecular flexibility index (Phi) is 4.59. The van der Waals surface area contributed by atoms with Gasteiger partial charge in [-0.3, -0.25) is 9.59 Å². The smallest absolute Gasteiger partial charge is 0.308 e. The third kappa shape index (κ3) is 3.28. The van der Waals surface area contributed by atoms with E-state index in [4.69, 9.17) is 5.11 Å². The van der Waals surface area contributed by atoms with Crippen molar-refractivity contribution in [1.29, 1.82) is 0 Å². The molecular weight excluding hydrogens is 338 g/mol. The average Bonchev–Trinajstić information content (AvgIpc) is 3.15. The fourth-order valence-corrected chi connectivity index (χ4v) is 3.83. The van der Waals surface area contributed by atoms with Crippen LogP contribution in [0.15, 0.2) is 36.4 Å². The molecule has 0 saturated heterocycles. The molecule has 2 aromatic heterocycles. The van der Waals surface area contributed by atoms with Gasteiger partial charge in [0, 0.05) is 19.0 Å². The molecule has 130 valence electrons. The molecule has 0 saturated carbocycles. The number of hydrogen-bond donors (Lipinski definition) is 1. The van der Waals surface area contributed by atoms with E-state index in [0.29, 0.717) is 4.88 Å². The molecule has 2 heterocycles. The summed E-state index contributed by atoms with van der Waals surface area (Å²) in [7, 11) is 1.63. The van der Waals surface area contributed by atoms with Gasteiger partial charge in [-0.05, 0) is 25.1 Å². The molecule has 1 N–H and O–H groups in total. The number of aliphatic carboxylic acids is 1. The van der Waals surface area contributed by atoms with Crippen LogP contribution in [0.5, 0.6) is 0 Å². The maximum absolute atomic E-state index is 12.6. The predicted octanol–water partition coefficient (Wildman–Crippen LogP) is 3.19. The molecule has 0 bridgehead atoms. The number of para-hydroxylation sites is 1. The molecule has 1 amide bonds. The molecule has 1 unspecified atom stereocenters. The van der Waals surface area contributed by atoms with Crippen LogP contribution in [0, 0.1) is 12.8 Å². The van der Waals surface area contributed by atoms with Gasteiger partial charge in [-0.2, -0.15) is 5.10 Å². The molecule has 6 nitrogen and oxygen atoms in total. The first-order valence-corrected chi connectivity index (χ1v) is 8.73. The highest BCUT2D eigenvalue weighted by Gasteiger charge is 2.22. The fraction of sp³-hybridized carbons (Fsp3) is 0.278. The average molecular weight is 357 g/mol. The van der Waals surface area contributed by atoms with Crippen molar-refractivity contribution >= 4 is 33.4 Å². The molecule has 0 fully saturated rings. The predicted molar refractivity (Wildman–Crippen MR) is 97.4 cm³/mol. The zero-order valence-electron chi connectivity index (χ0n) is 14.3. The van der Waals surface area contributed by atoms with E-state index in [2.05, 4.69) is 5.10 Å². The van der Waals surface area contributed by atoms with Gasteiger partial charge in [0.2, 0.25) is 0 Å². The molecule has 25 heavy (non-hydrogen) atoms. The second kappa shape index (κ2) is 6.68. The summed E-state index contributed by atoms with van der Waals surface area (Å²) in [6, 6.07) is 11.6. The van der Waals surface area contributed by atoms with Crippen LogP contribution in [0.3, 0.4) is 0 Å². The molecule has 0 spiro atoms. The number of rotatable bonds is 5. The van der Waals surface area contributed by atoms with Gasteiger partial charge in [-0.1, -0.05) is 25.1 Å². The molecule has 0 radical (unpaired) electrons. The van der Waals surface area contributed by atoms with Gasteiger partial charge in [-0.15, -0.1) is 11.3 Å². The Hall–Kier alpha value is -2.67. The normalized spacial score (nSPS) is 12.3. The van der Waals surface area contributed by atoms with Gasteiger partial charge < -0.3 is 10.0 Å². The van der Waals surface area contributed by atoms with Crippen molar-refractivity contribution in [3.8, 4) is 5.69 Å². The number of carbonyl (C=O) groups is 2. The summed E-state index contributed by atoms with van der Waals surface area (Å²) in [6.07, 6.45) is 0. The standard InChI is InChI=1S/C18H19N3O3S/c1-11(18(23)24)10-20(3)16(22)15-9-14-12(2)19-21(17(14)25-15)13-7-5-4-6-8-13/h4-9,11H,10H2,1-3H3,(H,23,24). The van der Waals surface area contributed by atoms with E-state index in [1.807, 2.05) is 48.0 Å². The molecule has 7 heteroatoms. The van der Waals surface area contributed by atoms with E-state index in [1.54, 1.807) is 14.0 Å². The number of hydrogen-bond acceptors (Lipinski definition) is 4. The quantitative estimate of drug-likeness (QED) is 0.761. The number of benzene rings is 1. The second-order valence-electron chi connectivity index (χ2n) is 6.09. The summed E-state index contributed by atoms with van der Waals surface area (Å²) in [5.74, 6) is -1.69. The topological polar surface area (TPSA) is 75.4 Å². The maximum Gasteiger partial charge on any atom is 0.308 e. The fourth-order valence-electron chi connectivity index (χ4n) is 2.66. The Balaban J connectivity index is 1.94. The Labute approximate surface area is 149 Å². The van der Waals surface area contributed by atoms with Gasteiger partial charge in [0.15, 0.2) is 0 Å². The summed E-state index contributed by atoms with van der Waals surface area (Å²) < 4.78 is 1.84. The maximum atomic E-state index is 12.6. The van der Waals surface area contributed by atoms with Crippen LogP contribution < -0.4 is 0 Å². The number of thiophene rings is 1. The number of carbonyl (C=O) groups excluding carboxylic acids is 1. The van der Waals surface area contributed by atoms with Crippen LogP contribution in [0.1, 0.15) is 22.3 Å². The van der Waals surface area contributed by atoms with E-state index in [0.717, 1.165) is 21.6 Å². The third-order valence-corrected chi connectivity index (χ3v) is 5.17. The van der Waals surface area contributed by atoms with Gasteiger partial charge in [0.05, 0.1) is 22.2 Å². The largest absolute Gasteiger partial charge is 0.481 e. The molecule has 0 aliphatic carbocycles. The van der Waals surface area contributed by atoms with Crippen molar-refractivity contribution in [2.24, 2.45) is 5.92 Å². The first-order valence-electron chi connectivity index (χ1n) is 7.91. The van der Waals surface area contributed by atoms with E-state index < -0.39 is 11.9 Å². The molecule has 1 aromatic carbocycles. The Morgan fingerprint density at radius 3 is 2.64 bits per heavy atom. The molecule has 0 aliphatic rings. The van der Waals surface area contributed by atoms with Gasteiger partial charge in [-0.25, -0.2) is 4.68 Å². The van der Waals surface area contributed by atoms with Crippen molar-refractivity contribution < 1.29 is 14.7 Å². The van der Waals surface area contributed by atoms with Gasteiger partial charge >= 0.3 is 5.97 Å². The van der Waals surface area contributed by atoms with Crippen molar-refractivity contribution in [3.63, 3.8) is 0 Å². The van der Waals surface area contributed by atoms with Gasteiger partial charge in [0.25, 0.3) is 5.91 Å². The Morgan fingerprint density at radius 2 is 2.00 bits per heavy atom. The van der Waals surface area contributed by atoms with Crippen molar-refractivity contribution in [3.05, 3.63) is 47.0 Å². The van der Waals surface area contributed by atoms with Gasteiger partial charge in [0.1, 0.15) is 4.83 Å². The number of fused-ring (bicyclic) bond motifs is 1. The number of aromatic nitrogens is 2. The highest BCUT2D eigenvalue weighted by Crippen LogP contribution is 2.31. The lowest BCUT2D eigenvalue weighted by Crippen LogP contribution is -2.33. The minimum atomic E-state index is -0.911. The van der Waals surface area contributed by atoms with Crippen molar-refractivity contribution in [2.45, 2.75) is 13.8 Å². The summed E-state index contributed by atoms with van der Waals surface area (Å²) in [5, 5.41) is 14.5. The zero-order chi connectivity index (χ0) is 18.1. The lowest BCUT2D eigenvalue weighted by atomic mass is 10.2. The van der Waals surface area contributed by atoms with E-state index >= 15 is 0 Å². The summed E-state index contributed by atoms with van der Waals surface area (Å²) >= 11 is 1.37. The molecule has 0 aliphatic heterocycles. The zero-order valence-corrected chi connectivity index (χ0v) is 15.1. The van der Waals surface area contributed by atoms with E-state index in [-0.39, 0.29) is 12.5 Å². The first-order chi connectivity index (χ1) is 11.9.